The fourth-order valence-corrected chi connectivity index (χ4v) is 2.62. The number of alkyl halides is 1. The van der Waals surface area contributed by atoms with Gasteiger partial charge in [-0.3, -0.25) is 0 Å². The van der Waals surface area contributed by atoms with Crippen molar-refractivity contribution in [2.24, 2.45) is 0 Å². The third kappa shape index (κ3) is 3.05. The van der Waals surface area contributed by atoms with Crippen LogP contribution < -0.4 is 0 Å². The first kappa shape index (κ1) is 14.0. The van der Waals surface area contributed by atoms with Crippen molar-refractivity contribution in [3.8, 4) is 0 Å². The van der Waals surface area contributed by atoms with Crippen LogP contribution in [0, 0.1) is 5.82 Å². The number of imidazole rings is 1. The Labute approximate surface area is 127 Å². The maximum atomic E-state index is 13.2. The molecular formula is C16H15ClFN3. The molecule has 3 aromatic rings. The summed E-state index contributed by atoms with van der Waals surface area (Å²) in [5.41, 5.74) is 2.69. The predicted octanol–water partition coefficient (Wildman–Crippen LogP) is 3.59. The van der Waals surface area contributed by atoms with Gasteiger partial charge >= 0.3 is 0 Å². The zero-order valence-corrected chi connectivity index (χ0v) is 12.2. The van der Waals surface area contributed by atoms with Crippen molar-refractivity contribution in [1.29, 1.82) is 0 Å². The molecule has 2 aromatic heterocycles. The van der Waals surface area contributed by atoms with Crippen molar-refractivity contribution in [2.45, 2.75) is 19.4 Å². The van der Waals surface area contributed by atoms with Crippen molar-refractivity contribution in [3.63, 3.8) is 0 Å². The maximum Gasteiger partial charge on any atom is 0.159 e. The summed E-state index contributed by atoms with van der Waals surface area (Å²) in [6, 6.07) is 10.5. The first-order chi connectivity index (χ1) is 10.3. The number of pyridine rings is 1. The van der Waals surface area contributed by atoms with Crippen molar-refractivity contribution in [1.82, 2.24) is 14.5 Å². The maximum absolute atomic E-state index is 13.2. The summed E-state index contributed by atoms with van der Waals surface area (Å²) in [4.78, 5) is 8.97. The summed E-state index contributed by atoms with van der Waals surface area (Å²) in [5.74, 6) is 1.24. The van der Waals surface area contributed by atoms with Gasteiger partial charge in [-0.05, 0) is 36.2 Å². The Morgan fingerprint density at radius 3 is 2.86 bits per heavy atom. The molecule has 0 unspecified atom stereocenters. The second kappa shape index (κ2) is 6.22. The summed E-state index contributed by atoms with van der Waals surface area (Å²) < 4.78 is 15.3. The Morgan fingerprint density at radius 1 is 1.14 bits per heavy atom. The molecule has 0 aliphatic heterocycles. The molecule has 0 saturated heterocycles. The van der Waals surface area contributed by atoms with Crippen molar-refractivity contribution < 1.29 is 4.39 Å². The molecule has 0 N–H and O–H groups in total. The largest absolute Gasteiger partial charge is 0.312 e. The Balaban J connectivity index is 1.89. The molecule has 0 radical (unpaired) electrons. The van der Waals surface area contributed by atoms with E-state index in [0.29, 0.717) is 18.8 Å². The Hall–Kier alpha value is -1.94. The van der Waals surface area contributed by atoms with E-state index in [0.717, 1.165) is 29.0 Å². The molecule has 1 aromatic carbocycles. The van der Waals surface area contributed by atoms with Gasteiger partial charge in [0.2, 0.25) is 0 Å². The van der Waals surface area contributed by atoms with Crippen LogP contribution in [-0.4, -0.2) is 20.4 Å². The summed E-state index contributed by atoms with van der Waals surface area (Å²) in [5, 5.41) is 0. The van der Waals surface area contributed by atoms with Crippen LogP contribution in [0.4, 0.5) is 4.39 Å². The minimum atomic E-state index is -0.206. The quantitative estimate of drug-likeness (QED) is 0.674. The van der Waals surface area contributed by atoms with E-state index in [9.17, 15) is 4.39 Å². The van der Waals surface area contributed by atoms with Crippen molar-refractivity contribution >= 4 is 22.8 Å². The molecule has 21 heavy (non-hydrogen) atoms. The molecule has 0 fully saturated rings. The minimum Gasteiger partial charge on any atom is -0.312 e. The average molecular weight is 304 g/mol. The van der Waals surface area contributed by atoms with Gasteiger partial charge in [0.05, 0.1) is 0 Å². The number of halogens is 2. The molecule has 0 aliphatic carbocycles. The Bertz CT molecular complexity index is 754. The number of hydrogen-bond acceptors (Lipinski definition) is 2. The van der Waals surface area contributed by atoms with Crippen LogP contribution in [0.1, 0.15) is 11.4 Å². The lowest BCUT2D eigenvalue weighted by molar-refractivity contribution is 0.620. The fourth-order valence-electron chi connectivity index (χ4n) is 2.45. The number of rotatable bonds is 5. The summed E-state index contributed by atoms with van der Waals surface area (Å²) >= 11 is 5.85. The number of benzene rings is 1. The molecule has 0 bridgehead atoms. The van der Waals surface area contributed by atoms with E-state index in [1.807, 2.05) is 18.2 Å². The smallest absolute Gasteiger partial charge is 0.159 e. The van der Waals surface area contributed by atoms with Crippen LogP contribution in [0.5, 0.6) is 0 Å². The molecule has 3 rings (SSSR count). The lowest BCUT2D eigenvalue weighted by Crippen LogP contribution is -2.07. The summed E-state index contributed by atoms with van der Waals surface area (Å²) in [6.45, 7) is 0.711. The number of aryl methyl sites for hydroxylation is 3. The zero-order valence-electron chi connectivity index (χ0n) is 11.5. The van der Waals surface area contributed by atoms with E-state index in [-0.39, 0.29) is 5.82 Å². The lowest BCUT2D eigenvalue weighted by Gasteiger charge is -2.08. The van der Waals surface area contributed by atoms with Crippen LogP contribution >= 0.6 is 11.6 Å². The second-order valence-electron chi connectivity index (χ2n) is 4.84. The van der Waals surface area contributed by atoms with Crippen molar-refractivity contribution in [3.05, 3.63) is 59.8 Å². The van der Waals surface area contributed by atoms with E-state index in [4.69, 9.17) is 11.6 Å². The third-order valence-electron chi connectivity index (χ3n) is 3.41. The van der Waals surface area contributed by atoms with Crippen LogP contribution in [0.25, 0.3) is 11.2 Å². The fraction of sp³-hybridized carbons (Fsp3) is 0.250. The minimum absolute atomic E-state index is 0.206. The highest BCUT2D eigenvalue weighted by atomic mass is 35.5. The highest BCUT2D eigenvalue weighted by Crippen LogP contribution is 2.16. The molecular weight excluding hydrogens is 289 g/mol. The first-order valence-corrected chi connectivity index (χ1v) is 7.42. The predicted molar refractivity (Wildman–Crippen MR) is 82.1 cm³/mol. The first-order valence-electron chi connectivity index (χ1n) is 6.88. The van der Waals surface area contributed by atoms with Crippen LogP contribution in [-0.2, 0) is 19.4 Å². The van der Waals surface area contributed by atoms with Crippen LogP contribution in [0.15, 0.2) is 42.6 Å². The molecule has 0 saturated carbocycles. The highest BCUT2D eigenvalue weighted by molar-refractivity contribution is 6.17. The zero-order chi connectivity index (χ0) is 14.7. The van der Waals surface area contributed by atoms with E-state index in [1.54, 1.807) is 18.3 Å². The average Bonchev–Trinajstić information content (AvgIpc) is 2.83. The van der Waals surface area contributed by atoms with Gasteiger partial charge in [-0.15, -0.1) is 11.6 Å². The van der Waals surface area contributed by atoms with Gasteiger partial charge in [-0.25, -0.2) is 14.4 Å². The summed E-state index contributed by atoms with van der Waals surface area (Å²) in [7, 11) is 0. The molecule has 0 aliphatic rings. The van der Waals surface area contributed by atoms with E-state index < -0.39 is 0 Å². The number of nitrogens with zero attached hydrogens (tertiary/aromatic N) is 3. The Morgan fingerprint density at radius 2 is 2.05 bits per heavy atom. The molecule has 0 spiro atoms. The van der Waals surface area contributed by atoms with Gasteiger partial charge in [-0.2, -0.15) is 0 Å². The third-order valence-corrected chi connectivity index (χ3v) is 3.60. The Kier molecular flexibility index (Phi) is 4.15. The number of aromatic nitrogens is 3. The normalized spacial score (nSPS) is 11.1. The number of hydrogen-bond donors (Lipinski definition) is 0. The molecule has 3 nitrogen and oxygen atoms in total. The number of fused-ring (bicyclic) bond motifs is 1. The monoisotopic (exact) mass is 303 g/mol. The van der Waals surface area contributed by atoms with Crippen LogP contribution in [0.2, 0.25) is 0 Å². The van der Waals surface area contributed by atoms with E-state index in [1.165, 1.54) is 6.07 Å². The van der Waals surface area contributed by atoms with Gasteiger partial charge in [0.1, 0.15) is 17.2 Å². The molecule has 108 valence electrons. The standard InChI is InChI=1S/C16H15ClFN3/c17-8-6-15-20-14-5-2-9-19-16(14)21(15)10-7-12-3-1-4-13(18)11-12/h1-5,9,11H,6-8,10H2. The molecule has 5 heteroatoms. The second-order valence-corrected chi connectivity index (χ2v) is 5.22. The van der Waals surface area contributed by atoms with Gasteiger partial charge in [0.15, 0.2) is 5.65 Å². The van der Waals surface area contributed by atoms with E-state index in [2.05, 4.69) is 14.5 Å². The molecule has 0 atom stereocenters. The molecule has 0 amide bonds. The topological polar surface area (TPSA) is 30.7 Å². The van der Waals surface area contributed by atoms with Gasteiger partial charge in [0, 0.05) is 25.0 Å². The highest BCUT2D eigenvalue weighted by Gasteiger charge is 2.11. The van der Waals surface area contributed by atoms with Gasteiger partial charge < -0.3 is 4.57 Å². The van der Waals surface area contributed by atoms with Gasteiger partial charge in [-0.1, -0.05) is 12.1 Å². The van der Waals surface area contributed by atoms with Crippen molar-refractivity contribution in [2.75, 3.05) is 5.88 Å². The lowest BCUT2D eigenvalue weighted by atomic mass is 10.1. The summed E-state index contributed by atoms with van der Waals surface area (Å²) in [6.07, 6.45) is 3.18. The molecule has 2 heterocycles. The SMILES string of the molecule is Fc1cccc(CCn2c(CCCl)nc3cccnc32)c1. The van der Waals surface area contributed by atoms with Gasteiger partial charge in [0.25, 0.3) is 0 Å². The van der Waals surface area contributed by atoms with E-state index >= 15 is 0 Å². The van der Waals surface area contributed by atoms with Crippen LogP contribution in [0.3, 0.4) is 0 Å².